The molecule has 0 saturated heterocycles. The van der Waals surface area contributed by atoms with Gasteiger partial charge in [-0.2, -0.15) is 0 Å². The summed E-state index contributed by atoms with van der Waals surface area (Å²) in [5, 5.41) is 0. The topological polar surface area (TPSA) is 43.4 Å². The third kappa shape index (κ3) is 2.56. The number of hydrogen-bond donors (Lipinski definition) is 0. The lowest BCUT2D eigenvalue weighted by molar-refractivity contribution is -0.111. The number of allylic oxidation sites excluding steroid dienone is 1. The molecule has 2 rings (SSSR count). The highest BCUT2D eigenvalue weighted by atomic mass is 16.5. The maximum absolute atomic E-state index is 12.3. The lowest BCUT2D eigenvalue weighted by Gasteiger charge is -2.23. The van der Waals surface area contributed by atoms with Crippen LogP contribution in [0, 0.1) is 6.92 Å². The van der Waals surface area contributed by atoms with E-state index in [4.69, 9.17) is 4.74 Å². The van der Waals surface area contributed by atoms with Crippen LogP contribution in [0.5, 0.6) is 5.75 Å². The molecule has 0 unspecified atom stereocenters. The van der Waals surface area contributed by atoms with Gasteiger partial charge in [0.15, 0.2) is 0 Å². The third-order valence-corrected chi connectivity index (χ3v) is 3.65. The maximum Gasteiger partial charge on any atom is 0.234 e. The van der Waals surface area contributed by atoms with E-state index in [0.717, 1.165) is 22.4 Å². The Bertz CT molecular complexity index is 664. The Morgan fingerprint density at radius 2 is 1.90 bits per heavy atom. The largest absolute Gasteiger partial charge is 0.489 e. The lowest BCUT2D eigenvalue weighted by atomic mass is 9.82. The monoisotopic (exact) mass is 284 g/mol. The lowest BCUT2D eigenvalue weighted by Crippen LogP contribution is -2.23. The van der Waals surface area contributed by atoms with Gasteiger partial charge in [0.25, 0.3) is 0 Å². The highest BCUT2D eigenvalue weighted by Gasteiger charge is 2.30. The predicted molar refractivity (Wildman–Crippen MR) is 83.9 cm³/mol. The van der Waals surface area contributed by atoms with Gasteiger partial charge in [-0.3, -0.25) is 9.59 Å². The normalized spacial score (nSPS) is 14.0. The van der Waals surface area contributed by atoms with E-state index in [2.05, 4.69) is 20.4 Å². The number of carbonyl (C=O) groups excluding carboxylic acids is 2. The van der Waals surface area contributed by atoms with E-state index in [0.29, 0.717) is 17.7 Å². The quantitative estimate of drug-likeness (QED) is 0.623. The van der Waals surface area contributed by atoms with Crippen LogP contribution in [0.15, 0.2) is 24.3 Å². The van der Waals surface area contributed by atoms with Crippen molar-refractivity contribution in [3.05, 3.63) is 46.5 Å². The van der Waals surface area contributed by atoms with E-state index >= 15 is 0 Å². The van der Waals surface area contributed by atoms with Gasteiger partial charge in [-0.15, -0.1) is 0 Å². The summed E-state index contributed by atoms with van der Waals surface area (Å²) in [4.78, 5) is 24.2. The molecule has 3 nitrogen and oxygen atoms in total. The van der Waals surface area contributed by atoms with Crippen molar-refractivity contribution in [3.63, 3.8) is 0 Å². The Balaban J connectivity index is 2.76. The van der Waals surface area contributed by atoms with E-state index < -0.39 is 11.6 Å². The standard InChI is InChI=1S/C18H20O3/c1-6-7-21-14-9-11(4)16-13(15(14)10(2)3)8-12(5)17(19)18(16)20/h6,8-10H,1,7H2,2-5H3. The number of aryl methyl sites for hydroxylation is 1. The van der Waals surface area contributed by atoms with Crippen LogP contribution >= 0.6 is 0 Å². The van der Waals surface area contributed by atoms with Crippen LogP contribution in [0.4, 0.5) is 0 Å². The minimum absolute atomic E-state index is 0.184. The molecule has 3 heteroatoms. The van der Waals surface area contributed by atoms with Gasteiger partial charge in [-0.05, 0) is 43.0 Å². The average molecular weight is 284 g/mol. The first-order chi connectivity index (χ1) is 9.88. The summed E-state index contributed by atoms with van der Waals surface area (Å²) in [7, 11) is 0. The van der Waals surface area contributed by atoms with Gasteiger partial charge < -0.3 is 4.74 Å². The van der Waals surface area contributed by atoms with Crippen molar-refractivity contribution >= 4 is 17.6 Å². The molecule has 0 N–H and O–H groups in total. The zero-order chi connectivity index (χ0) is 15.7. The zero-order valence-corrected chi connectivity index (χ0v) is 12.9. The molecule has 1 aromatic carbocycles. The average Bonchev–Trinajstić information content (AvgIpc) is 2.41. The van der Waals surface area contributed by atoms with E-state index in [9.17, 15) is 9.59 Å². The Morgan fingerprint density at radius 1 is 1.24 bits per heavy atom. The first-order valence-electron chi connectivity index (χ1n) is 7.07. The van der Waals surface area contributed by atoms with E-state index in [1.54, 1.807) is 13.0 Å². The molecule has 0 heterocycles. The number of benzene rings is 1. The van der Waals surface area contributed by atoms with Crippen molar-refractivity contribution in [3.8, 4) is 5.75 Å². The highest BCUT2D eigenvalue weighted by molar-refractivity contribution is 6.52. The fourth-order valence-corrected chi connectivity index (χ4v) is 2.72. The molecule has 0 spiro atoms. The number of fused-ring (bicyclic) bond motifs is 1. The first-order valence-corrected chi connectivity index (χ1v) is 7.07. The smallest absolute Gasteiger partial charge is 0.234 e. The van der Waals surface area contributed by atoms with Gasteiger partial charge in [0.05, 0.1) is 0 Å². The molecule has 0 radical (unpaired) electrons. The second-order valence-electron chi connectivity index (χ2n) is 5.63. The molecule has 0 amide bonds. The Labute approximate surface area is 125 Å². The number of ether oxygens (including phenoxy) is 1. The van der Waals surface area contributed by atoms with Crippen LogP contribution in [0.1, 0.15) is 53.7 Å². The van der Waals surface area contributed by atoms with Gasteiger partial charge in [0, 0.05) is 16.7 Å². The van der Waals surface area contributed by atoms with Crippen LogP contribution in [-0.4, -0.2) is 18.2 Å². The van der Waals surface area contributed by atoms with Crippen LogP contribution in [0.2, 0.25) is 0 Å². The molecule has 0 aromatic heterocycles. The first kappa shape index (κ1) is 15.2. The molecule has 0 bridgehead atoms. The summed E-state index contributed by atoms with van der Waals surface area (Å²) < 4.78 is 5.75. The van der Waals surface area contributed by atoms with Crippen LogP contribution in [0.25, 0.3) is 6.08 Å². The molecule has 0 aliphatic heterocycles. The van der Waals surface area contributed by atoms with Crippen LogP contribution in [0.3, 0.4) is 0 Å². The highest BCUT2D eigenvalue weighted by Crippen LogP contribution is 2.38. The van der Waals surface area contributed by atoms with Gasteiger partial charge in [-0.25, -0.2) is 0 Å². The Hall–Kier alpha value is -2.16. The molecule has 0 atom stereocenters. The summed E-state index contributed by atoms with van der Waals surface area (Å²) in [6.45, 7) is 11.7. The molecule has 0 saturated carbocycles. The van der Waals surface area contributed by atoms with Crippen molar-refractivity contribution in [1.29, 1.82) is 0 Å². The summed E-state index contributed by atoms with van der Waals surface area (Å²) >= 11 is 0. The molecule has 1 aliphatic rings. The number of carbonyl (C=O) groups is 2. The summed E-state index contributed by atoms with van der Waals surface area (Å²) in [5.41, 5.74) is 3.56. The minimum Gasteiger partial charge on any atom is -0.489 e. The molecular weight excluding hydrogens is 264 g/mol. The zero-order valence-electron chi connectivity index (χ0n) is 12.9. The molecule has 0 fully saturated rings. The number of hydrogen-bond acceptors (Lipinski definition) is 3. The molecule has 1 aliphatic carbocycles. The number of Topliss-reactive ketones (excluding diaryl/α,β-unsaturated/α-hetero) is 2. The van der Waals surface area contributed by atoms with Crippen molar-refractivity contribution in [2.24, 2.45) is 0 Å². The van der Waals surface area contributed by atoms with Crippen molar-refractivity contribution in [2.75, 3.05) is 6.61 Å². The van der Waals surface area contributed by atoms with E-state index in [-0.39, 0.29) is 5.92 Å². The molecule has 110 valence electrons. The van der Waals surface area contributed by atoms with E-state index in [1.807, 2.05) is 19.1 Å². The number of rotatable bonds is 4. The van der Waals surface area contributed by atoms with Crippen molar-refractivity contribution in [1.82, 2.24) is 0 Å². The Morgan fingerprint density at radius 3 is 2.48 bits per heavy atom. The van der Waals surface area contributed by atoms with Gasteiger partial charge in [0.2, 0.25) is 11.6 Å². The van der Waals surface area contributed by atoms with Gasteiger partial charge in [-0.1, -0.05) is 26.5 Å². The molecule has 1 aromatic rings. The fourth-order valence-electron chi connectivity index (χ4n) is 2.72. The molecule has 21 heavy (non-hydrogen) atoms. The second kappa shape index (κ2) is 5.68. The third-order valence-electron chi connectivity index (χ3n) is 3.65. The van der Waals surface area contributed by atoms with Gasteiger partial charge in [0.1, 0.15) is 12.4 Å². The summed E-state index contributed by atoms with van der Waals surface area (Å²) in [6, 6.07) is 1.84. The van der Waals surface area contributed by atoms with Crippen molar-refractivity contribution in [2.45, 2.75) is 33.6 Å². The van der Waals surface area contributed by atoms with Gasteiger partial charge >= 0.3 is 0 Å². The van der Waals surface area contributed by atoms with Crippen molar-refractivity contribution < 1.29 is 14.3 Å². The van der Waals surface area contributed by atoms with Crippen LogP contribution in [-0.2, 0) is 4.79 Å². The maximum atomic E-state index is 12.3. The Kier molecular flexibility index (Phi) is 4.12. The molecular formula is C18H20O3. The summed E-state index contributed by atoms with van der Waals surface area (Å²) in [5.74, 6) is 0.108. The van der Waals surface area contributed by atoms with Crippen LogP contribution < -0.4 is 4.74 Å². The fraction of sp³-hybridized carbons (Fsp3) is 0.333. The van der Waals surface area contributed by atoms with E-state index in [1.165, 1.54) is 0 Å². The number of ketones is 2. The SMILES string of the molecule is C=CCOc1cc(C)c2c(c1C(C)C)C=C(C)C(=O)C2=O. The minimum atomic E-state index is -0.417. The summed E-state index contributed by atoms with van der Waals surface area (Å²) in [6.07, 6.45) is 3.50. The second-order valence-corrected chi connectivity index (χ2v) is 5.63. The predicted octanol–water partition coefficient (Wildman–Crippen LogP) is 3.85.